The summed E-state index contributed by atoms with van der Waals surface area (Å²) in [6, 6.07) is 9.54. The van der Waals surface area contributed by atoms with E-state index < -0.39 is 11.9 Å². The van der Waals surface area contributed by atoms with E-state index in [1.54, 1.807) is 0 Å². The van der Waals surface area contributed by atoms with Crippen molar-refractivity contribution in [1.29, 1.82) is 0 Å². The summed E-state index contributed by atoms with van der Waals surface area (Å²) in [5, 5.41) is 0. The monoisotopic (exact) mass is 387 g/mol. The van der Waals surface area contributed by atoms with Crippen molar-refractivity contribution in [3.05, 3.63) is 48.0 Å². The molecule has 0 bridgehead atoms. The lowest BCUT2D eigenvalue weighted by Crippen LogP contribution is -2.44. The van der Waals surface area contributed by atoms with Gasteiger partial charge in [0.15, 0.2) is 5.79 Å². The molecular weight excluding hydrogens is 358 g/mol. The molecule has 3 rings (SSSR count). The van der Waals surface area contributed by atoms with Crippen LogP contribution in [0.3, 0.4) is 0 Å². The Hall–Kier alpha value is -2.18. The Morgan fingerprint density at radius 2 is 1.96 bits per heavy atom. The molecule has 0 saturated carbocycles. The van der Waals surface area contributed by atoms with Crippen molar-refractivity contribution < 1.29 is 23.8 Å². The van der Waals surface area contributed by atoms with E-state index in [1.165, 1.54) is 4.90 Å². The van der Waals surface area contributed by atoms with Gasteiger partial charge in [-0.1, -0.05) is 35.9 Å². The van der Waals surface area contributed by atoms with Crippen LogP contribution in [-0.2, 0) is 25.4 Å². The van der Waals surface area contributed by atoms with E-state index in [-0.39, 0.29) is 24.5 Å². The Labute approximate surface area is 166 Å². The number of benzene rings is 1. The molecule has 2 aliphatic heterocycles. The van der Waals surface area contributed by atoms with Crippen LogP contribution in [0.1, 0.15) is 38.7 Å². The first kappa shape index (κ1) is 20.6. The summed E-state index contributed by atoms with van der Waals surface area (Å²) in [5.41, 5.74) is 1.98. The van der Waals surface area contributed by atoms with Crippen molar-refractivity contribution in [2.45, 2.75) is 51.4 Å². The fourth-order valence-corrected chi connectivity index (χ4v) is 3.83. The molecule has 0 aliphatic carbocycles. The van der Waals surface area contributed by atoms with Gasteiger partial charge in [-0.15, -0.1) is 6.58 Å². The minimum absolute atomic E-state index is 0.201. The average molecular weight is 387 g/mol. The summed E-state index contributed by atoms with van der Waals surface area (Å²) < 4.78 is 16.5. The van der Waals surface area contributed by atoms with Crippen LogP contribution in [0, 0.1) is 5.92 Å². The number of cyclic esters (lactones) is 1. The second-order valence-corrected chi connectivity index (χ2v) is 7.86. The lowest BCUT2D eigenvalue weighted by molar-refractivity contribution is -0.152. The molecule has 2 aliphatic rings. The zero-order valence-corrected chi connectivity index (χ0v) is 16.7. The third-order valence-corrected chi connectivity index (χ3v) is 5.30. The molecule has 2 amide bonds. The summed E-state index contributed by atoms with van der Waals surface area (Å²) in [4.78, 5) is 26.9. The molecule has 1 aromatic carbocycles. The van der Waals surface area contributed by atoms with Gasteiger partial charge in [0.05, 0.1) is 19.3 Å². The second kappa shape index (κ2) is 8.88. The van der Waals surface area contributed by atoms with Gasteiger partial charge < -0.3 is 14.2 Å². The highest BCUT2D eigenvalue weighted by molar-refractivity contribution is 5.95. The fraction of sp³-hybridized carbons (Fsp3) is 0.545. The lowest BCUT2D eigenvalue weighted by Gasteiger charge is -2.28. The summed E-state index contributed by atoms with van der Waals surface area (Å²) >= 11 is 0. The molecule has 152 valence electrons. The quantitative estimate of drug-likeness (QED) is 0.637. The molecular formula is C22H29NO5. The number of carbonyl (C=O) groups is 2. The van der Waals surface area contributed by atoms with Crippen LogP contribution in [-0.4, -0.2) is 48.5 Å². The molecule has 2 fully saturated rings. The van der Waals surface area contributed by atoms with E-state index in [0.717, 1.165) is 11.1 Å². The average Bonchev–Trinajstić information content (AvgIpc) is 3.25. The molecule has 2 unspecified atom stereocenters. The molecule has 6 nitrogen and oxygen atoms in total. The minimum atomic E-state index is -0.664. The highest BCUT2D eigenvalue weighted by Crippen LogP contribution is 2.30. The predicted molar refractivity (Wildman–Crippen MR) is 105 cm³/mol. The molecule has 1 aromatic rings. The van der Waals surface area contributed by atoms with Gasteiger partial charge in [-0.2, -0.15) is 0 Å². The highest BCUT2D eigenvalue weighted by atomic mass is 16.7. The van der Waals surface area contributed by atoms with Crippen molar-refractivity contribution >= 4 is 12.0 Å². The molecule has 2 atom stereocenters. The van der Waals surface area contributed by atoms with Crippen LogP contribution in [0.2, 0.25) is 0 Å². The van der Waals surface area contributed by atoms with Gasteiger partial charge in [0, 0.05) is 12.3 Å². The van der Waals surface area contributed by atoms with E-state index in [0.29, 0.717) is 38.9 Å². The van der Waals surface area contributed by atoms with E-state index >= 15 is 0 Å². The molecule has 28 heavy (non-hydrogen) atoms. The summed E-state index contributed by atoms with van der Waals surface area (Å²) in [6.45, 7) is 9.10. The Balaban J connectivity index is 1.71. The SMILES string of the molecule is C=C(C)CC(CCC1(C)OCCO1)C(=O)N1C(=O)OCC1Cc1ccccc1. The van der Waals surface area contributed by atoms with Gasteiger partial charge in [0.1, 0.15) is 6.61 Å². The topological polar surface area (TPSA) is 65.1 Å². The number of allylic oxidation sites excluding steroid dienone is 1. The van der Waals surface area contributed by atoms with Gasteiger partial charge >= 0.3 is 6.09 Å². The van der Waals surface area contributed by atoms with Crippen LogP contribution in [0.25, 0.3) is 0 Å². The number of ether oxygens (including phenoxy) is 3. The molecule has 6 heteroatoms. The van der Waals surface area contributed by atoms with Gasteiger partial charge in [-0.3, -0.25) is 4.79 Å². The highest BCUT2D eigenvalue weighted by Gasteiger charge is 2.41. The lowest BCUT2D eigenvalue weighted by atomic mass is 9.91. The smallest absolute Gasteiger partial charge is 0.416 e. The van der Waals surface area contributed by atoms with Crippen molar-refractivity contribution in [3.63, 3.8) is 0 Å². The Bertz CT molecular complexity index is 711. The standard InChI is InChI=1S/C22H29NO5/c1-16(2)13-18(9-10-22(3)27-11-12-28-22)20(24)23-19(15-26-21(23)25)14-17-7-5-4-6-8-17/h4-8,18-19H,1,9-15H2,2-3H3. The van der Waals surface area contributed by atoms with E-state index in [1.807, 2.05) is 44.2 Å². The molecule has 0 spiro atoms. The van der Waals surface area contributed by atoms with Crippen molar-refractivity contribution in [2.24, 2.45) is 5.92 Å². The fourth-order valence-electron chi connectivity index (χ4n) is 3.83. The molecule has 0 aromatic heterocycles. The third-order valence-electron chi connectivity index (χ3n) is 5.30. The molecule has 2 saturated heterocycles. The number of hydrogen-bond acceptors (Lipinski definition) is 5. The first-order valence-corrected chi connectivity index (χ1v) is 9.84. The normalized spacial score (nSPS) is 22.1. The second-order valence-electron chi connectivity index (χ2n) is 7.86. The number of imide groups is 1. The minimum Gasteiger partial charge on any atom is -0.447 e. The van der Waals surface area contributed by atoms with Crippen LogP contribution >= 0.6 is 0 Å². The van der Waals surface area contributed by atoms with E-state index in [4.69, 9.17) is 14.2 Å². The number of rotatable bonds is 8. The third kappa shape index (κ3) is 5.00. The molecule has 0 N–H and O–H groups in total. The van der Waals surface area contributed by atoms with E-state index in [2.05, 4.69) is 6.58 Å². The Morgan fingerprint density at radius 1 is 1.29 bits per heavy atom. The maximum absolute atomic E-state index is 13.3. The van der Waals surface area contributed by atoms with Crippen LogP contribution < -0.4 is 0 Å². The largest absolute Gasteiger partial charge is 0.447 e. The first-order valence-electron chi connectivity index (χ1n) is 9.84. The number of carbonyl (C=O) groups excluding carboxylic acids is 2. The van der Waals surface area contributed by atoms with E-state index in [9.17, 15) is 9.59 Å². The number of hydrogen-bond donors (Lipinski definition) is 0. The maximum Gasteiger partial charge on any atom is 0.416 e. The van der Waals surface area contributed by atoms with Gasteiger partial charge in [0.25, 0.3) is 0 Å². The van der Waals surface area contributed by atoms with Gasteiger partial charge in [0.2, 0.25) is 5.91 Å². The summed E-state index contributed by atoms with van der Waals surface area (Å²) in [7, 11) is 0. The zero-order valence-electron chi connectivity index (χ0n) is 16.7. The first-order chi connectivity index (χ1) is 13.4. The molecule has 2 heterocycles. The number of amides is 2. The predicted octanol–water partition coefficient (Wildman–Crippen LogP) is 3.70. The summed E-state index contributed by atoms with van der Waals surface area (Å²) in [5.74, 6) is -1.22. The molecule has 0 radical (unpaired) electrons. The Kier molecular flexibility index (Phi) is 6.52. The Morgan fingerprint density at radius 3 is 2.61 bits per heavy atom. The van der Waals surface area contributed by atoms with Gasteiger partial charge in [-0.25, -0.2) is 9.69 Å². The maximum atomic E-state index is 13.3. The van der Waals surface area contributed by atoms with Crippen LogP contribution in [0.4, 0.5) is 4.79 Å². The van der Waals surface area contributed by atoms with Crippen molar-refractivity contribution in [3.8, 4) is 0 Å². The van der Waals surface area contributed by atoms with Crippen LogP contribution in [0.5, 0.6) is 0 Å². The van der Waals surface area contributed by atoms with Crippen LogP contribution in [0.15, 0.2) is 42.5 Å². The van der Waals surface area contributed by atoms with Gasteiger partial charge in [-0.05, 0) is 38.7 Å². The zero-order chi connectivity index (χ0) is 20.1. The summed E-state index contributed by atoms with van der Waals surface area (Å²) in [6.07, 6.45) is 1.70. The van der Waals surface area contributed by atoms with Crippen molar-refractivity contribution in [2.75, 3.05) is 19.8 Å². The van der Waals surface area contributed by atoms with Crippen molar-refractivity contribution in [1.82, 2.24) is 4.90 Å². The number of nitrogens with zero attached hydrogens (tertiary/aromatic N) is 1.